The van der Waals surface area contributed by atoms with Crippen LogP contribution in [0.5, 0.6) is 0 Å². The van der Waals surface area contributed by atoms with Crippen molar-refractivity contribution in [2.45, 2.75) is 31.8 Å². The molecule has 0 saturated carbocycles. The Morgan fingerprint density at radius 3 is 2.08 bits per heavy atom. The normalized spacial score (nSPS) is 12.7. The van der Waals surface area contributed by atoms with E-state index < -0.39 is 12.0 Å². The number of carboxylic acids is 1. The van der Waals surface area contributed by atoms with E-state index in [0.717, 1.165) is 0 Å². The Morgan fingerprint density at radius 1 is 0.923 bits per heavy atom. The first-order valence-electron chi connectivity index (χ1n) is 8.40. The summed E-state index contributed by atoms with van der Waals surface area (Å²) in [4.78, 5) is 35.8. The van der Waals surface area contributed by atoms with Crippen LogP contribution in [0.4, 0.5) is 0 Å². The Balaban J connectivity index is 2.12. The quantitative estimate of drug-likeness (QED) is 0.679. The number of benzene rings is 2. The minimum Gasteiger partial charge on any atom is -0.481 e. The summed E-state index contributed by atoms with van der Waals surface area (Å²) in [5, 5.41) is 14.3. The van der Waals surface area contributed by atoms with Crippen molar-refractivity contribution in [2.75, 3.05) is 0 Å². The van der Waals surface area contributed by atoms with E-state index in [2.05, 4.69) is 10.6 Å². The van der Waals surface area contributed by atoms with Gasteiger partial charge >= 0.3 is 5.97 Å². The van der Waals surface area contributed by atoms with Crippen molar-refractivity contribution in [3.63, 3.8) is 0 Å². The van der Waals surface area contributed by atoms with Crippen LogP contribution in [0.25, 0.3) is 0 Å². The van der Waals surface area contributed by atoms with E-state index in [0.29, 0.717) is 17.5 Å². The molecule has 26 heavy (non-hydrogen) atoms. The van der Waals surface area contributed by atoms with Crippen LogP contribution < -0.4 is 10.6 Å². The van der Waals surface area contributed by atoms with Crippen molar-refractivity contribution < 1.29 is 19.5 Å². The highest BCUT2D eigenvalue weighted by Crippen LogP contribution is 2.15. The highest BCUT2D eigenvalue weighted by molar-refractivity contribution is 5.97. The van der Waals surface area contributed by atoms with Crippen molar-refractivity contribution in [2.24, 2.45) is 0 Å². The molecule has 2 atom stereocenters. The number of carboxylic acid groups (broad SMARTS) is 1. The summed E-state index contributed by atoms with van der Waals surface area (Å²) < 4.78 is 0. The minimum atomic E-state index is -0.914. The molecule has 0 fully saturated rings. The molecule has 0 radical (unpaired) electrons. The molecule has 0 aliphatic carbocycles. The molecule has 3 N–H and O–H groups in total. The molecule has 0 aliphatic heterocycles. The number of aliphatic carboxylic acids is 1. The Morgan fingerprint density at radius 2 is 1.50 bits per heavy atom. The molecule has 136 valence electrons. The third kappa shape index (κ3) is 5.73. The topological polar surface area (TPSA) is 95.5 Å². The molecule has 2 aromatic rings. The fourth-order valence-electron chi connectivity index (χ4n) is 2.49. The van der Waals surface area contributed by atoms with Crippen LogP contribution in [-0.2, 0) is 9.59 Å². The second-order valence-electron chi connectivity index (χ2n) is 6.03. The van der Waals surface area contributed by atoms with Crippen LogP contribution in [0.3, 0.4) is 0 Å². The maximum Gasteiger partial charge on any atom is 0.303 e. The monoisotopic (exact) mass is 354 g/mol. The third-order valence-electron chi connectivity index (χ3n) is 3.89. The van der Waals surface area contributed by atoms with Gasteiger partial charge in [-0.15, -0.1) is 0 Å². The summed E-state index contributed by atoms with van der Waals surface area (Å²) in [7, 11) is 0. The van der Waals surface area contributed by atoms with E-state index >= 15 is 0 Å². The Bertz CT molecular complexity index is 747. The predicted molar refractivity (Wildman–Crippen MR) is 97.6 cm³/mol. The van der Waals surface area contributed by atoms with Crippen LogP contribution in [0, 0.1) is 0 Å². The van der Waals surface area contributed by atoms with Crippen LogP contribution in [-0.4, -0.2) is 28.9 Å². The Kier molecular flexibility index (Phi) is 6.91. The number of carbonyl (C=O) groups is 3. The van der Waals surface area contributed by atoms with Crippen LogP contribution >= 0.6 is 0 Å². The maximum atomic E-state index is 12.7. The molecular formula is C20H22N2O4. The molecule has 2 rings (SSSR count). The average molecular weight is 354 g/mol. The fraction of sp³-hybridized carbons (Fsp3) is 0.250. The molecule has 0 aromatic heterocycles. The SMILES string of the molecule is CC(CCC(=O)O)NC(=O)C(NC(=O)c1ccccc1)c1ccccc1. The van der Waals surface area contributed by atoms with E-state index in [9.17, 15) is 14.4 Å². The lowest BCUT2D eigenvalue weighted by molar-refractivity contribution is -0.137. The fourth-order valence-corrected chi connectivity index (χ4v) is 2.49. The number of carbonyl (C=O) groups excluding carboxylic acids is 2. The highest BCUT2D eigenvalue weighted by atomic mass is 16.4. The first-order valence-corrected chi connectivity index (χ1v) is 8.40. The summed E-state index contributed by atoms with van der Waals surface area (Å²) in [6, 6.07) is 16.4. The number of rotatable bonds is 8. The van der Waals surface area contributed by atoms with Gasteiger partial charge in [0, 0.05) is 18.0 Å². The van der Waals surface area contributed by atoms with Gasteiger partial charge in [0.15, 0.2) is 0 Å². The summed E-state index contributed by atoms with van der Waals surface area (Å²) in [5.74, 6) is -1.64. The first-order chi connectivity index (χ1) is 12.5. The van der Waals surface area contributed by atoms with Crippen molar-refractivity contribution >= 4 is 17.8 Å². The highest BCUT2D eigenvalue weighted by Gasteiger charge is 2.24. The zero-order valence-electron chi connectivity index (χ0n) is 14.5. The van der Waals surface area contributed by atoms with Crippen molar-refractivity contribution in [1.29, 1.82) is 0 Å². The molecule has 0 heterocycles. The van der Waals surface area contributed by atoms with Crippen LogP contribution in [0.2, 0.25) is 0 Å². The van der Waals surface area contributed by atoms with Gasteiger partial charge in [0.2, 0.25) is 5.91 Å². The molecule has 0 saturated heterocycles. The number of hydrogen-bond donors (Lipinski definition) is 3. The molecule has 6 heteroatoms. The first kappa shape index (κ1) is 19.2. The van der Waals surface area contributed by atoms with Crippen LogP contribution in [0.1, 0.15) is 41.7 Å². The van der Waals surface area contributed by atoms with Crippen molar-refractivity contribution in [3.8, 4) is 0 Å². The van der Waals surface area contributed by atoms with E-state index in [-0.39, 0.29) is 24.3 Å². The molecule has 2 aromatic carbocycles. The lowest BCUT2D eigenvalue weighted by Crippen LogP contribution is -2.43. The Hall–Kier alpha value is -3.15. The second kappa shape index (κ2) is 9.36. The van der Waals surface area contributed by atoms with Gasteiger partial charge in [-0.3, -0.25) is 14.4 Å². The smallest absolute Gasteiger partial charge is 0.303 e. The average Bonchev–Trinajstić information content (AvgIpc) is 2.65. The Labute approximate surface area is 152 Å². The van der Waals surface area contributed by atoms with E-state index in [1.165, 1.54) is 0 Å². The molecule has 0 bridgehead atoms. The summed E-state index contributed by atoms with van der Waals surface area (Å²) in [6.45, 7) is 1.74. The summed E-state index contributed by atoms with van der Waals surface area (Å²) >= 11 is 0. The zero-order valence-corrected chi connectivity index (χ0v) is 14.5. The number of hydrogen-bond acceptors (Lipinski definition) is 3. The standard InChI is InChI=1S/C20H22N2O4/c1-14(12-13-17(23)24)21-20(26)18(15-8-4-2-5-9-15)22-19(25)16-10-6-3-7-11-16/h2-11,14,18H,12-13H2,1H3,(H,21,26)(H,22,25)(H,23,24). The summed E-state index contributed by atoms with van der Waals surface area (Å²) in [5.41, 5.74) is 1.11. The molecular weight excluding hydrogens is 332 g/mol. The van der Waals surface area contributed by atoms with Gasteiger partial charge in [-0.25, -0.2) is 0 Å². The van der Waals surface area contributed by atoms with Gasteiger partial charge in [-0.2, -0.15) is 0 Å². The van der Waals surface area contributed by atoms with Crippen molar-refractivity contribution in [1.82, 2.24) is 10.6 Å². The molecule has 0 spiro atoms. The van der Waals surface area contributed by atoms with Gasteiger partial charge < -0.3 is 15.7 Å². The summed E-state index contributed by atoms with van der Waals surface area (Å²) in [6.07, 6.45) is 0.281. The van der Waals surface area contributed by atoms with Gasteiger partial charge in [0.1, 0.15) is 6.04 Å². The number of nitrogens with one attached hydrogen (secondary N) is 2. The lowest BCUT2D eigenvalue weighted by Gasteiger charge is -2.21. The van der Waals surface area contributed by atoms with Crippen molar-refractivity contribution in [3.05, 3.63) is 71.8 Å². The van der Waals surface area contributed by atoms with Gasteiger partial charge in [0.05, 0.1) is 0 Å². The van der Waals surface area contributed by atoms with E-state index in [1.54, 1.807) is 55.5 Å². The molecule has 6 nitrogen and oxygen atoms in total. The van der Waals surface area contributed by atoms with Gasteiger partial charge in [0.25, 0.3) is 5.91 Å². The van der Waals surface area contributed by atoms with Gasteiger partial charge in [-0.1, -0.05) is 48.5 Å². The van der Waals surface area contributed by atoms with E-state index in [1.807, 2.05) is 12.1 Å². The zero-order chi connectivity index (χ0) is 18.9. The predicted octanol–water partition coefficient (Wildman–Crippen LogP) is 2.53. The molecule has 2 amide bonds. The minimum absolute atomic E-state index is 0.0339. The number of amides is 2. The van der Waals surface area contributed by atoms with Crippen LogP contribution in [0.15, 0.2) is 60.7 Å². The van der Waals surface area contributed by atoms with E-state index in [4.69, 9.17) is 5.11 Å². The molecule has 2 unspecified atom stereocenters. The van der Waals surface area contributed by atoms with Gasteiger partial charge in [-0.05, 0) is 31.0 Å². The second-order valence-corrected chi connectivity index (χ2v) is 6.03. The molecule has 0 aliphatic rings. The third-order valence-corrected chi connectivity index (χ3v) is 3.89. The lowest BCUT2D eigenvalue weighted by atomic mass is 10.0. The largest absolute Gasteiger partial charge is 0.481 e. The maximum absolute atomic E-state index is 12.7.